The van der Waals surface area contributed by atoms with Gasteiger partial charge in [-0.3, -0.25) is 0 Å². The third-order valence-electron chi connectivity index (χ3n) is 3.11. The van der Waals surface area contributed by atoms with E-state index in [-0.39, 0.29) is 0 Å². The fourth-order valence-corrected chi connectivity index (χ4v) is 2.37. The Labute approximate surface area is 127 Å². The maximum absolute atomic E-state index is 9.42. The third-order valence-corrected chi connectivity index (χ3v) is 3.45. The minimum atomic E-state index is -0.604. The zero-order valence-corrected chi connectivity index (χ0v) is 11.9. The van der Waals surface area contributed by atoms with Crippen molar-refractivity contribution >= 4 is 33.9 Å². The molecule has 0 saturated heterocycles. The van der Waals surface area contributed by atoms with Crippen molar-refractivity contribution in [2.24, 2.45) is 0 Å². The quantitative estimate of drug-likeness (QED) is 0.724. The van der Waals surface area contributed by atoms with Gasteiger partial charge in [-0.05, 0) is 24.3 Å². The first-order valence-corrected chi connectivity index (χ1v) is 6.89. The Kier molecular flexibility index (Phi) is 3.63. The third kappa shape index (κ3) is 2.76. The number of thiocarbonyl (C=S) groups is 1. The predicted octanol–water partition coefficient (Wildman–Crippen LogP) is 3.61. The van der Waals surface area contributed by atoms with Gasteiger partial charge in [0.05, 0.1) is 17.1 Å². The van der Waals surface area contributed by atoms with Crippen LogP contribution in [0.4, 0.5) is 5.69 Å². The molecule has 3 rings (SSSR count). The number of aromatic amines is 1. The van der Waals surface area contributed by atoms with Crippen molar-refractivity contribution in [2.75, 3.05) is 5.32 Å². The van der Waals surface area contributed by atoms with Gasteiger partial charge in [0.15, 0.2) is 5.92 Å². The number of benzene rings is 2. The molecule has 0 aliphatic rings. The fourth-order valence-electron chi connectivity index (χ4n) is 2.09. The molecule has 1 heterocycles. The topological polar surface area (TPSA) is 64.5 Å². The summed E-state index contributed by atoms with van der Waals surface area (Å²) in [6.45, 7) is 0. The number of nitrogens with zero attached hydrogens (tertiary/aromatic N) is 2. The molecule has 0 bridgehead atoms. The van der Waals surface area contributed by atoms with Gasteiger partial charge in [-0.1, -0.05) is 42.5 Å². The van der Waals surface area contributed by atoms with Crippen molar-refractivity contribution in [1.82, 2.24) is 9.97 Å². The number of anilines is 1. The number of aromatic nitrogens is 2. The van der Waals surface area contributed by atoms with Gasteiger partial charge in [0.25, 0.3) is 0 Å². The smallest absolute Gasteiger partial charge is 0.154 e. The number of hydrogen-bond acceptors (Lipinski definition) is 3. The first-order valence-electron chi connectivity index (χ1n) is 6.48. The molecule has 0 amide bonds. The van der Waals surface area contributed by atoms with Crippen LogP contribution in [-0.2, 0) is 0 Å². The van der Waals surface area contributed by atoms with E-state index in [9.17, 15) is 5.26 Å². The Morgan fingerprint density at radius 3 is 2.57 bits per heavy atom. The number of nitrogens with one attached hydrogen (secondary N) is 2. The molecule has 0 spiro atoms. The minimum absolute atomic E-state index is 0.433. The average Bonchev–Trinajstić information content (AvgIpc) is 2.92. The first-order chi connectivity index (χ1) is 10.3. The molecular weight excluding hydrogens is 280 g/mol. The van der Waals surface area contributed by atoms with E-state index in [1.807, 2.05) is 54.6 Å². The molecule has 4 nitrogen and oxygen atoms in total. The van der Waals surface area contributed by atoms with Gasteiger partial charge in [0, 0.05) is 5.69 Å². The summed E-state index contributed by atoms with van der Waals surface area (Å²) in [5, 5.41) is 12.5. The second-order valence-corrected chi connectivity index (χ2v) is 5.00. The van der Waals surface area contributed by atoms with Crippen LogP contribution in [0.1, 0.15) is 11.7 Å². The van der Waals surface area contributed by atoms with Crippen LogP contribution < -0.4 is 5.32 Å². The molecule has 1 atom stereocenters. The number of imidazole rings is 1. The van der Waals surface area contributed by atoms with Crippen LogP contribution in [-0.4, -0.2) is 15.0 Å². The molecule has 0 aliphatic carbocycles. The largest absolute Gasteiger partial charge is 0.349 e. The van der Waals surface area contributed by atoms with Gasteiger partial charge in [0.2, 0.25) is 0 Å². The van der Waals surface area contributed by atoms with Crippen molar-refractivity contribution < 1.29 is 0 Å². The summed E-state index contributed by atoms with van der Waals surface area (Å²) >= 11 is 5.35. The standard InChI is InChI=1S/C16H12N4S/c17-10-12(16(21)18-11-6-2-1-3-7-11)15-19-13-8-4-5-9-14(13)20-15/h1-9,12H,(H,18,21)(H,19,20)/t12-/m1/s1. The van der Waals surface area contributed by atoms with Gasteiger partial charge < -0.3 is 10.3 Å². The highest BCUT2D eigenvalue weighted by Gasteiger charge is 2.20. The van der Waals surface area contributed by atoms with Crippen LogP contribution in [0.25, 0.3) is 11.0 Å². The predicted molar refractivity (Wildman–Crippen MR) is 87.1 cm³/mol. The van der Waals surface area contributed by atoms with Crippen LogP contribution in [0.5, 0.6) is 0 Å². The maximum atomic E-state index is 9.42. The second-order valence-electron chi connectivity index (χ2n) is 4.56. The molecule has 1 aromatic heterocycles. The summed E-state index contributed by atoms with van der Waals surface area (Å²) in [5.41, 5.74) is 2.59. The lowest BCUT2D eigenvalue weighted by Gasteiger charge is -2.11. The summed E-state index contributed by atoms with van der Waals surface area (Å²) in [6.07, 6.45) is 0. The van der Waals surface area contributed by atoms with Gasteiger partial charge in [-0.25, -0.2) is 4.98 Å². The number of fused-ring (bicyclic) bond motifs is 1. The zero-order valence-electron chi connectivity index (χ0n) is 11.1. The maximum Gasteiger partial charge on any atom is 0.154 e. The van der Waals surface area contributed by atoms with Crippen LogP contribution in [0.3, 0.4) is 0 Å². The van der Waals surface area contributed by atoms with E-state index in [1.54, 1.807) is 0 Å². The number of H-pyrrole nitrogens is 1. The summed E-state index contributed by atoms with van der Waals surface area (Å²) in [4.78, 5) is 8.03. The first kappa shape index (κ1) is 13.3. The Bertz CT molecular complexity index is 784. The van der Waals surface area contributed by atoms with Crippen molar-refractivity contribution in [3.05, 3.63) is 60.4 Å². The van der Waals surface area contributed by atoms with E-state index < -0.39 is 5.92 Å². The lowest BCUT2D eigenvalue weighted by Crippen LogP contribution is -2.18. The van der Waals surface area contributed by atoms with Crippen LogP contribution in [0.2, 0.25) is 0 Å². The highest BCUT2D eigenvalue weighted by atomic mass is 32.1. The summed E-state index contributed by atoms with van der Waals surface area (Å²) < 4.78 is 0. The van der Waals surface area contributed by atoms with Crippen molar-refractivity contribution in [1.29, 1.82) is 5.26 Å². The average molecular weight is 292 g/mol. The number of hydrogen-bond donors (Lipinski definition) is 2. The van der Waals surface area contributed by atoms with Crippen molar-refractivity contribution in [2.45, 2.75) is 5.92 Å². The monoisotopic (exact) mass is 292 g/mol. The Morgan fingerprint density at radius 2 is 1.86 bits per heavy atom. The highest BCUT2D eigenvalue weighted by molar-refractivity contribution is 7.80. The number of nitriles is 1. The van der Waals surface area contributed by atoms with E-state index >= 15 is 0 Å². The van der Waals surface area contributed by atoms with E-state index in [1.165, 1.54) is 0 Å². The van der Waals surface area contributed by atoms with Gasteiger partial charge in [-0.15, -0.1) is 0 Å². The van der Waals surface area contributed by atoms with Crippen LogP contribution in [0, 0.1) is 11.3 Å². The van der Waals surface area contributed by atoms with Crippen molar-refractivity contribution in [3.8, 4) is 6.07 Å². The lowest BCUT2D eigenvalue weighted by molar-refractivity contribution is 1.02. The molecule has 3 aromatic rings. The Hall–Kier alpha value is -2.71. The molecule has 5 heteroatoms. The molecule has 2 N–H and O–H groups in total. The number of rotatable bonds is 3. The molecule has 2 aromatic carbocycles. The fraction of sp³-hybridized carbons (Fsp3) is 0.0625. The molecule has 0 unspecified atom stereocenters. The summed E-state index contributed by atoms with van der Waals surface area (Å²) in [7, 11) is 0. The molecule has 0 fully saturated rings. The lowest BCUT2D eigenvalue weighted by atomic mass is 10.1. The molecular formula is C16H12N4S. The Morgan fingerprint density at radius 1 is 1.14 bits per heavy atom. The second kappa shape index (κ2) is 5.73. The zero-order chi connectivity index (χ0) is 14.7. The molecule has 0 radical (unpaired) electrons. The minimum Gasteiger partial charge on any atom is -0.349 e. The molecule has 0 aliphatic heterocycles. The Balaban J connectivity index is 1.87. The van der Waals surface area contributed by atoms with E-state index in [0.717, 1.165) is 16.7 Å². The van der Waals surface area contributed by atoms with Crippen LogP contribution >= 0.6 is 12.2 Å². The van der Waals surface area contributed by atoms with Crippen LogP contribution in [0.15, 0.2) is 54.6 Å². The van der Waals surface area contributed by atoms with E-state index in [4.69, 9.17) is 12.2 Å². The SMILES string of the molecule is N#C[C@@H](C(=S)Nc1ccccc1)c1nc2ccccc2[nH]1. The summed E-state index contributed by atoms with van der Waals surface area (Å²) in [5.74, 6) is -0.0419. The summed E-state index contributed by atoms with van der Waals surface area (Å²) in [6, 6.07) is 19.4. The highest BCUT2D eigenvalue weighted by Crippen LogP contribution is 2.20. The normalized spacial score (nSPS) is 11.8. The van der Waals surface area contributed by atoms with Gasteiger partial charge in [0.1, 0.15) is 10.8 Å². The van der Waals surface area contributed by atoms with Gasteiger partial charge >= 0.3 is 0 Å². The molecule has 0 saturated carbocycles. The van der Waals surface area contributed by atoms with Gasteiger partial charge in [-0.2, -0.15) is 5.26 Å². The van der Waals surface area contributed by atoms with Crippen molar-refractivity contribution in [3.63, 3.8) is 0 Å². The van der Waals surface area contributed by atoms with E-state index in [0.29, 0.717) is 10.8 Å². The van der Waals surface area contributed by atoms with E-state index in [2.05, 4.69) is 21.4 Å². The molecule has 102 valence electrons. The number of para-hydroxylation sites is 3. The molecule has 21 heavy (non-hydrogen) atoms.